The van der Waals surface area contributed by atoms with E-state index in [9.17, 15) is 4.79 Å². The lowest BCUT2D eigenvalue weighted by Crippen LogP contribution is -2.06. The van der Waals surface area contributed by atoms with Crippen LogP contribution in [0.15, 0.2) is 76.0 Å². The van der Waals surface area contributed by atoms with Crippen LogP contribution in [0.25, 0.3) is 27.3 Å². The second-order valence-corrected chi connectivity index (χ2v) is 9.17. The van der Waals surface area contributed by atoms with Crippen LogP contribution in [-0.4, -0.2) is 15.2 Å². The summed E-state index contributed by atoms with van der Waals surface area (Å²) in [6, 6.07) is 17.5. The van der Waals surface area contributed by atoms with Gasteiger partial charge in [0.1, 0.15) is 10.7 Å². The number of hydrogen-bond donors (Lipinski definition) is 1. The van der Waals surface area contributed by atoms with Gasteiger partial charge in [-0.15, -0.1) is 22.7 Å². The molecule has 1 aromatic carbocycles. The second-order valence-electron chi connectivity index (χ2n) is 6.44. The largest absolute Gasteiger partial charge is 0.396 e. The quantitative estimate of drug-likeness (QED) is 0.304. The maximum absolute atomic E-state index is 13.1. The normalized spacial score (nSPS) is 11.2. The fourth-order valence-electron chi connectivity index (χ4n) is 3.35. The molecule has 4 heterocycles. The zero-order valence-electron chi connectivity index (χ0n) is 15.0. The Hall–Kier alpha value is -2.74. The average Bonchev–Trinajstić information content (AvgIpc) is 3.47. The van der Waals surface area contributed by atoms with Crippen LogP contribution in [0.3, 0.4) is 0 Å². The summed E-state index contributed by atoms with van der Waals surface area (Å²) in [7, 11) is 0. The van der Waals surface area contributed by atoms with Crippen LogP contribution in [0.1, 0.15) is 15.4 Å². The fraction of sp³-hybridized carbons (Fsp3) is 0. The van der Waals surface area contributed by atoms with Crippen molar-refractivity contribution in [3.63, 3.8) is 0 Å². The molecule has 2 N–H and O–H groups in total. The number of anilines is 1. The summed E-state index contributed by atoms with van der Waals surface area (Å²) in [5.74, 6) is -0.0744. The van der Waals surface area contributed by atoms with Crippen molar-refractivity contribution in [2.45, 2.75) is 0 Å². The summed E-state index contributed by atoms with van der Waals surface area (Å²) in [5, 5.41) is 4.71. The number of thiazole rings is 1. The number of pyridine rings is 1. The number of nitrogens with two attached hydrogens (primary N) is 1. The number of thiophene rings is 1. The Kier molecular flexibility index (Phi) is 4.58. The van der Waals surface area contributed by atoms with Gasteiger partial charge in [0.05, 0.1) is 27.3 Å². The van der Waals surface area contributed by atoms with Crippen molar-refractivity contribution >= 4 is 55.6 Å². The van der Waals surface area contributed by atoms with Gasteiger partial charge in [0.15, 0.2) is 0 Å². The van der Waals surface area contributed by atoms with Gasteiger partial charge in [0.25, 0.3) is 0 Å². The molecule has 0 atom stereocenters. The Balaban J connectivity index is 1.68. The Bertz CT molecular complexity index is 1330. The molecule has 29 heavy (non-hydrogen) atoms. The number of hydrogen-bond acceptors (Lipinski definition) is 5. The van der Waals surface area contributed by atoms with Crippen LogP contribution in [0.5, 0.6) is 0 Å². The molecule has 0 bridgehead atoms. The molecule has 0 fully saturated rings. The van der Waals surface area contributed by atoms with Gasteiger partial charge in [-0.3, -0.25) is 4.79 Å². The van der Waals surface area contributed by atoms with Crippen molar-refractivity contribution in [2.24, 2.45) is 0 Å². The van der Waals surface area contributed by atoms with E-state index in [1.165, 1.54) is 22.7 Å². The molecule has 0 aliphatic rings. The van der Waals surface area contributed by atoms with E-state index in [0.29, 0.717) is 16.3 Å². The van der Waals surface area contributed by atoms with E-state index in [1.807, 2.05) is 76.0 Å². The van der Waals surface area contributed by atoms with E-state index in [0.717, 1.165) is 31.8 Å². The van der Waals surface area contributed by atoms with Crippen molar-refractivity contribution in [3.05, 3.63) is 86.6 Å². The zero-order valence-corrected chi connectivity index (χ0v) is 18.2. The lowest BCUT2D eigenvalue weighted by atomic mass is 10.1. The lowest BCUT2D eigenvalue weighted by molar-refractivity contribution is 0.103. The number of carbonyl (C=O) groups is 1. The topological polar surface area (TPSA) is 60.4 Å². The van der Waals surface area contributed by atoms with Gasteiger partial charge < -0.3 is 10.1 Å². The van der Waals surface area contributed by atoms with Crippen LogP contribution < -0.4 is 5.73 Å². The first-order valence-electron chi connectivity index (χ1n) is 8.82. The van der Waals surface area contributed by atoms with Crippen LogP contribution in [0.2, 0.25) is 0 Å². The van der Waals surface area contributed by atoms with Crippen molar-refractivity contribution in [3.8, 4) is 21.8 Å². The van der Waals surface area contributed by atoms with Crippen molar-refractivity contribution in [1.29, 1.82) is 0 Å². The molecule has 4 aromatic heterocycles. The molecule has 142 valence electrons. The molecule has 0 aliphatic heterocycles. The maximum Gasteiger partial charge on any atom is 0.221 e. The van der Waals surface area contributed by atoms with Crippen LogP contribution in [0.4, 0.5) is 5.69 Å². The summed E-state index contributed by atoms with van der Waals surface area (Å²) in [5.41, 5.74) is 11.1. The van der Waals surface area contributed by atoms with E-state index in [4.69, 9.17) is 10.7 Å². The first kappa shape index (κ1) is 18.3. The molecule has 0 radical (unpaired) electrons. The Morgan fingerprint density at radius 1 is 1.03 bits per heavy atom. The molecule has 0 aliphatic carbocycles. The smallest absolute Gasteiger partial charge is 0.221 e. The maximum atomic E-state index is 13.1. The predicted molar refractivity (Wildman–Crippen MR) is 124 cm³/mol. The Morgan fingerprint density at radius 3 is 2.62 bits per heavy atom. The van der Waals surface area contributed by atoms with E-state index in [1.54, 1.807) is 0 Å². The number of carbonyl (C=O) groups excluding carboxylic acids is 1. The fourth-order valence-corrected chi connectivity index (χ4v) is 5.18. The zero-order chi connectivity index (χ0) is 20.0. The van der Waals surface area contributed by atoms with Crippen molar-refractivity contribution in [1.82, 2.24) is 9.38 Å². The third kappa shape index (κ3) is 3.11. The number of rotatable bonds is 4. The van der Waals surface area contributed by atoms with Gasteiger partial charge >= 0.3 is 0 Å². The molecule has 5 aromatic rings. The minimum absolute atomic E-state index is 0.0744. The molecule has 0 saturated heterocycles. The van der Waals surface area contributed by atoms with Crippen LogP contribution in [-0.2, 0) is 0 Å². The highest BCUT2D eigenvalue weighted by atomic mass is 79.9. The third-order valence-corrected chi connectivity index (χ3v) is 6.96. The van der Waals surface area contributed by atoms with E-state index < -0.39 is 0 Å². The number of ketones is 1. The summed E-state index contributed by atoms with van der Waals surface area (Å²) >= 11 is 6.40. The predicted octanol–water partition coefficient (Wildman–Crippen LogP) is 6.37. The first-order valence-corrected chi connectivity index (χ1v) is 11.4. The van der Waals surface area contributed by atoms with E-state index in [2.05, 4.69) is 15.9 Å². The molecule has 7 heteroatoms. The van der Waals surface area contributed by atoms with Gasteiger partial charge in [-0.05, 0) is 35.7 Å². The second kappa shape index (κ2) is 7.26. The van der Waals surface area contributed by atoms with Gasteiger partial charge in [-0.1, -0.05) is 40.2 Å². The molecule has 4 nitrogen and oxygen atoms in total. The minimum atomic E-state index is -0.0744. The van der Waals surface area contributed by atoms with Crippen LogP contribution in [0, 0.1) is 0 Å². The van der Waals surface area contributed by atoms with Crippen molar-refractivity contribution < 1.29 is 4.79 Å². The third-order valence-electron chi connectivity index (χ3n) is 4.70. The first-order chi connectivity index (χ1) is 14.1. The highest BCUT2D eigenvalue weighted by Gasteiger charge is 2.25. The molecule has 0 spiro atoms. The molecular formula is C22H14BrN3OS2. The van der Waals surface area contributed by atoms with Gasteiger partial charge in [-0.25, -0.2) is 4.98 Å². The SMILES string of the molecule is Nc1c(-c2nc(-c3ccc(Br)cc3)cs2)c2ccccn2c1C(=O)c1cccs1. The lowest BCUT2D eigenvalue weighted by Gasteiger charge is -2.01. The number of nitrogen functional groups attached to an aromatic ring is 1. The highest BCUT2D eigenvalue weighted by Crippen LogP contribution is 2.39. The van der Waals surface area contributed by atoms with Gasteiger partial charge in [-0.2, -0.15) is 0 Å². The summed E-state index contributed by atoms with van der Waals surface area (Å²) in [4.78, 5) is 18.6. The molecule has 0 amide bonds. The molecule has 0 saturated carbocycles. The van der Waals surface area contributed by atoms with E-state index >= 15 is 0 Å². The van der Waals surface area contributed by atoms with Gasteiger partial charge in [0.2, 0.25) is 5.78 Å². The molecule has 0 unspecified atom stereocenters. The van der Waals surface area contributed by atoms with Gasteiger partial charge in [0, 0.05) is 21.6 Å². The Morgan fingerprint density at radius 2 is 1.86 bits per heavy atom. The van der Waals surface area contributed by atoms with Crippen molar-refractivity contribution in [2.75, 3.05) is 5.73 Å². The number of aromatic nitrogens is 2. The monoisotopic (exact) mass is 479 g/mol. The standard InChI is InChI=1S/C22H14BrN3OS2/c23-14-8-6-13(7-9-14)15-12-29-22(25-15)18-16-4-1-2-10-26(16)20(19(18)24)21(27)17-5-3-11-28-17/h1-12H,24H2. The number of nitrogens with zero attached hydrogens (tertiary/aromatic N) is 2. The summed E-state index contributed by atoms with van der Waals surface area (Å²) in [6.45, 7) is 0. The number of benzene rings is 1. The average molecular weight is 480 g/mol. The molecular weight excluding hydrogens is 466 g/mol. The highest BCUT2D eigenvalue weighted by molar-refractivity contribution is 9.10. The number of fused-ring (bicyclic) bond motifs is 1. The van der Waals surface area contributed by atoms with E-state index in [-0.39, 0.29) is 5.78 Å². The number of halogens is 1. The Labute approximate surface area is 183 Å². The van der Waals surface area contributed by atoms with Crippen LogP contribution >= 0.6 is 38.6 Å². The summed E-state index contributed by atoms with van der Waals surface area (Å²) in [6.07, 6.45) is 1.87. The minimum Gasteiger partial charge on any atom is -0.396 e. The molecule has 5 rings (SSSR count). The summed E-state index contributed by atoms with van der Waals surface area (Å²) < 4.78 is 2.89.